The van der Waals surface area contributed by atoms with Crippen molar-refractivity contribution in [1.29, 1.82) is 0 Å². The Morgan fingerprint density at radius 1 is 1.19 bits per heavy atom. The molecule has 2 heterocycles. The monoisotopic (exact) mass is 328 g/mol. The number of halogens is 2. The van der Waals surface area contributed by atoms with Gasteiger partial charge in [-0.15, -0.1) is 24.8 Å². The maximum absolute atomic E-state index is 3.47. The van der Waals surface area contributed by atoms with Crippen LogP contribution in [0, 0.1) is 11.3 Å². The molecule has 0 spiro atoms. The molecule has 2 aliphatic carbocycles. The Morgan fingerprint density at radius 2 is 1.95 bits per heavy atom. The summed E-state index contributed by atoms with van der Waals surface area (Å²) in [5.41, 5.74) is 7.07. The Bertz CT molecular complexity index is 535. The molecule has 4 rings (SSSR count). The number of rotatable bonds is 0. The molecule has 0 aromatic heterocycles. The fraction of sp³-hybridized carbons (Fsp3) is 0.647. The molecule has 5 bridgehead atoms. The highest BCUT2D eigenvalue weighted by Crippen LogP contribution is 2.57. The first-order valence-electron chi connectivity index (χ1n) is 7.72. The van der Waals surface area contributed by atoms with E-state index in [-0.39, 0.29) is 30.2 Å². The van der Waals surface area contributed by atoms with E-state index in [0.29, 0.717) is 12.0 Å². The van der Waals surface area contributed by atoms with Crippen LogP contribution in [0.4, 0.5) is 0 Å². The number of fused-ring (bicyclic) bond motifs is 1. The number of allylic oxidation sites excluding steroid dienone is 3. The predicted octanol–water partition coefficient (Wildman–Crippen LogP) is 4.04. The van der Waals surface area contributed by atoms with Gasteiger partial charge in [-0.1, -0.05) is 25.5 Å². The average molecular weight is 329 g/mol. The third-order valence-electron chi connectivity index (χ3n) is 6.27. The molecule has 0 aromatic carbocycles. The number of nitrogens with zero attached hydrogens (tertiary/aromatic N) is 1. The van der Waals surface area contributed by atoms with Crippen LogP contribution in [0.15, 0.2) is 34.7 Å². The minimum absolute atomic E-state index is 0. The lowest BCUT2D eigenvalue weighted by atomic mass is 9.65. The summed E-state index contributed by atoms with van der Waals surface area (Å²) in [6.07, 6.45) is 9.70. The van der Waals surface area contributed by atoms with Gasteiger partial charge in [0.2, 0.25) is 0 Å². The van der Waals surface area contributed by atoms with Crippen LogP contribution in [-0.4, -0.2) is 24.5 Å². The molecule has 3 atom stereocenters. The van der Waals surface area contributed by atoms with Crippen molar-refractivity contribution in [3.63, 3.8) is 0 Å². The van der Waals surface area contributed by atoms with Crippen LogP contribution in [0.2, 0.25) is 0 Å². The minimum Gasteiger partial charge on any atom is -0.391 e. The smallest absolute Gasteiger partial charge is 0.0361 e. The van der Waals surface area contributed by atoms with Crippen molar-refractivity contribution in [3.05, 3.63) is 34.7 Å². The van der Waals surface area contributed by atoms with E-state index in [1.165, 1.54) is 25.7 Å². The van der Waals surface area contributed by atoms with Gasteiger partial charge in [-0.05, 0) is 48.9 Å². The maximum atomic E-state index is 3.47. The lowest BCUT2D eigenvalue weighted by molar-refractivity contribution is 0.160. The van der Waals surface area contributed by atoms with E-state index in [9.17, 15) is 0 Å². The van der Waals surface area contributed by atoms with Crippen LogP contribution < -0.4 is 5.32 Å². The zero-order chi connectivity index (χ0) is 13.2. The van der Waals surface area contributed by atoms with E-state index in [4.69, 9.17) is 0 Å². The summed E-state index contributed by atoms with van der Waals surface area (Å²) in [6, 6.07) is 0.700. The summed E-state index contributed by atoms with van der Waals surface area (Å²) in [5, 5.41) is 3.47. The van der Waals surface area contributed by atoms with Gasteiger partial charge < -0.3 is 10.2 Å². The Morgan fingerprint density at radius 3 is 2.71 bits per heavy atom. The third-order valence-corrected chi connectivity index (χ3v) is 6.27. The summed E-state index contributed by atoms with van der Waals surface area (Å²) in [4.78, 5) is 2.61. The minimum atomic E-state index is 0. The molecule has 4 heteroatoms. The van der Waals surface area contributed by atoms with Gasteiger partial charge in [0.05, 0.1) is 0 Å². The number of likely N-dealkylation sites (tertiary alicyclic amines) is 1. The second-order valence-electron chi connectivity index (χ2n) is 6.87. The Kier molecular flexibility index (Phi) is 4.43. The summed E-state index contributed by atoms with van der Waals surface area (Å²) < 4.78 is 0. The van der Waals surface area contributed by atoms with Crippen molar-refractivity contribution >= 4 is 24.8 Å². The molecule has 118 valence electrons. The van der Waals surface area contributed by atoms with Crippen LogP contribution in [0.5, 0.6) is 0 Å². The zero-order valence-corrected chi connectivity index (χ0v) is 14.7. The SMILES string of the molecule is CC1C2CC3=C(CCC4=C3CCNC=CC41C)N2C.Cl.Cl. The standard InChI is InChI=1S/C17H24N2.2ClH/c1-11-16-10-13-12-6-8-18-9-7-17(11,2)14(12)4-5-15(13)19(16)3;;/h7,9,11,16,18H,4-6,8,10H2,1-3H3;2*1H. The summed E-state index contributed by atoms with van der Waals surface area (Å²) in [6.45, 7) is 6.02. The molecule has 21 heavy (non-hydrogen) atoms. The highest BCUT2D eigenvalue weighted by atomic mass is 35.5. The summed E-state index contributed by atoms with van der Waals surface area (Å²) >= 11 is 0. The van der Waals surface area contributed by atoms with Crippen molar-refractivity contribution in [2.24, 2.45) is 11.3 Å². The molecule has 4 aliphatic rings. The number of hydrogen-bond acceptors (Lipinski definition) is 2. The molecular formula is C17H26Cl2N2. The normalized spacial score (nSPS) is 36.4. The highest BCUT2D eigenvalue weighted by molar-refractivity contribution is 5.85. The zero-order valence-electron chi connectivity index (χ0n) is 13.1. The molecule has 0 fully saturated rings. The topological polar surface area (TPSA) is 15.3 Å². The van der Waals surface area contributed by atoms with Crippen LogP contribution in [0.25, 0.3) is 0 Å². The van der Waals surface area contributed by atoms with Crippen LogP contribution in [0.1, 0.15) is 39.5 Å². The lowest BCUT2D eigenvalue weighted by Gasteiger charge is -2.46. The van der Waals surface area contributed by atoms with E-state index in [0.717, 1.165) is 6.54 Å². The van der Waals surface area contributed by atoms with Crippen molar-refractivity contribution in [1.82, 2.24) is 10.2 Å². The second kappa shape index (κ2) is 5.55. The van der Waals surface area contributed by atoms with E-state index < -0.39 is 0 Å². The number of hydrogen-bond donors (Lipinski definition) is 1. The second-order valence-corrected chi connectivity index (χ2v) is 6.87. The van der Waals surface area contributed by atoms with Gasteiger partial charge in [0.25, 0.3) is 0 Å². The van der Waals surface area contributed by atoms with Crippen LogP contribution >= 0.6 is 24.8 Å². The van der Waals surface area contributed by atoms with Gasteiger partial charge in [-0.25, -0.2) is 0 Å². The third kappa shape index (κ3) is 2.06. The highest BCUT2D eigenvalue weighted by Gasteiger charge is 2.49. The van der Waals surface area contributed by atoms with Gasteiger partial charge in [-0.2, -0.15) is 0 Å². The predicted molar refractivity (Wildman–Crippen MR) is 93.0 cm³/mol. The number of nitrogens with one attached hydrogen (secondary N) is 1. The molecule has 0 radical (unpaired) electrons. The van der Waals surface area contributed by atoms with E-state index in [1.807, 2.05) is 0 Å². The van der Waals surface area contributed by atoms with Crippen molar-refractivity contribution < 1.29 is 0 Å². The van der Waals surface area contributed by atoms with E-state index >= 15 is 0 Å². The van der Waals surface area contributed by atoms with Gasteiger partial charge >= 0.3 is 0 Å². The molecule has 1 N–H and O–H groups in total. The fourth-order valence-electron chi connectivity index (χ4n) is 4.93. The first-order chi connectivity index (χ1) is 9.13. The summed E-state index contributed by atoms with van der Waals surface area (Å²) in [7, 11) is 2.32. The quantitative estimate of drug-likeness (QED) is 0.721. The van der Waals surface area contributed by atoms with Crippen molar-refractivity contribution in [3.8, 4) is 0 Å². The molecule has 0 saturated heterocycles. The summed E-state index contributed by atoms with van der Waals surface area (Å²) in [5.74, 6) is 0.689. The Balaban J connectivity index is 0.000000807. The maximum Gasteiger partial charge on any atom is 0.0361 e. The average Bonchev–Trinajstić information content (AvgIpc) is 2.69. The fourth-order valence-corrected chi connectivity index (χ4v) is 4.93. The molecule has 2 nitrogen and oxygen atoms in total. The molecule has 0 saturated carbocycles. The molecule has 2 aliphatic heterocycles. The Labute approximate surface area is 140 Å². The van der Waals surface area contributed by atoms with Gasteiger partial charge in [0.15, 0.2) is 0 Å². The van der Waals surface area contributed by atoms with Gasteiger partial charge in [-0.3, -0.25) is 0 Å². The largest absolute Gasteiger partial charge is 0.391 e. The molecular weight excluding hydrogens is 303 g/mol. The van der Waals surface area contributed by atoms with Gasteiger partial charge in [0.1, 0.15) is 0 Å². The molecule has 3 unspecified atom stereocenters. The lowest BCUT2D eigenvalue weighted by Crippen LogP contribution is -2.43. The van der Waals surface area contributed by atoms with E-state index in [2.05, 4.69) is 43.4 Å². The molecule has 0 aromatic rings. The van der Waals surface area contributed by atoms with Gasteiger partial charge in [0, 0.05) is 30.7 Å². The van der Waals surface area contributed by atoms with Crippen molar-refractivity contribution in [2.45, 2.75) is 45.6 Å². The first-order valence-corrected chi connectivity index (χ1v) is 7.72. The Hall–Kier alpha value is -0.600. The van der Waals surface area contributed by atoms with Crippen molar-refractivity contribution in [2.75, 3.05) is 13.6 Å². The van der Waals surface area contributed by atoms with Crippen LogP contribution in [-0.2, 0) is 0 Å². The first kappa shape index (κ1) is 16.8. The van der Waals surface area contributed by atoms with Crippen LogP contribution in [0.3, 0.4) is 0 Å². The molecule has 0 amide bonds. The van der Waals surface area contributed by atoms with E-state index in [1.54, 1.807) is 22.4 Å².